The molecule has 2 amide bonds. The van der Waals surface area contributed by atoms with Gasteiger partial charge in [-0.3, -0.25) is 13.9 Å². The molecule has 0 fully saturated rings. The molecule has 196 valence electrons. The summed E-state index contributed by atoms with van der Waals surface area (Å²) in [7, 11) is -4.22. The molecule has 3 rings (SSSR count). The van der Waals surface area contributed by atoms with Crippen molar-refractivity contribution in [2.75, 3.05) is 17.4 Å². The Kier molecular flexibility index (Phi) is 9.97. The second-order valence-corrected chi connectivity index (χ2v) is 11.0. The van der Waals surface area contributed by atoms with Crippen molar-refractivity contribution in [1.82, 2.24) is 10.2 Å². The van der Waals surface area contributed by atoms with E-state index in [9.17, 15) is 18.0 Å². The number of benzene rings is 3. The fraction of sp³-hybridized carbons (Fsp3) is 0.259. The zero-order valence-corrected chi connectivity index (χ0v) is 22.9. The van der Waals surface area contributed by atoms with Gasteiger partial charge in [-0.05, 0) is 49.2 Å². The molecule has 0 aromatic heterocycles. The zero-order chi connectivity index (χ0) is 27.0. The Bertz CT molecular complexity index is 1320. The third-order valence-electron chi connectivity index (χ3n) is 5.72. The van der Waals surface area contributed by atoms with E-state index in [0.29, 0.717) is 13.0 Å². The van der Waals surface area contributed by atoms with Crippen LogP contribution in [0.15, 0.2) is 83.8 Å². The van der Waals surface area contributed by atoms with E-state index in [2.05, 4.69) is 5.32 Å². The summed E-state index contributed by atoms with van der Waals surface area (Å²) in [4.78, 5) is 28.2. The summed E-state index contributed by atoms with van der Waals surface area (Å²) in [6.45, 7) is 3.54. The molecule has 0 bridgehead atoms. The Morgan fingerprint density at radius 1 is 0.919 bits per heavy atom. The highest BCUT2D eigenvalue weighted by molar-refractivity contribution is 7.92. The van der Waals surface area contributed by atoms with Gasteiger partial charge in [0, 0.05) is 18.1 Å². The summed E-state index contributed by atoms with van der Waals surface area (Å²) < 4.78 is 28.5. The molecule has 0 unspecified atom stereocenters. The minimum Gasteiger partial charge on any atom is -0.355 e. The van der Waals surface area contributed by atoms with Gasteiger partial charge in [-0.15, -0.1) is 0 Å². The van der Waals surface area contributed by atoms with Crippen molar-refractivity contribution in [2.24, 2.45) is 0 Å². The number of nitrogens with one attached hydrogen (secondary N) is 1. The average molecular weight is 563 g/mol. The van der Waals surface area contributed by atoms with Crippen molar-refractivity contribution in [2.45, 2.75) is 37.8 Å². The molecule has 0 aliphatic heterocycles. The maximum Gasteiger partial charge on any atom is 0.264 e. The second kappa shape index (κ2) is 12.9. The van der Waals surface area contributed by atoms with Crippen LogP contribution in [0.1, 0.15) is 25.8 Å². The first-order valence-corrected chi connectivity index (χ1v) is 14.0. The smallest absolute Gasteiger partial charge is 0.264 e. The summed E-state index contributed by atoms with van der Waals surface area (Å²) in [5.41, 5.74) is 0.869. The molecule has 0 radical (unpaired) electrons. The van der Waals surface area contributed by atoms with Crippen molar-refractivity contribution in [1.29, 1.82) is 0 Å². The van der Waals surface area contributed by atoms with Crippen LogP contribution in [-0.4, -0.2) is 44.3 Å². The van der Waals surface area contributed by atoms with Crippen molar-refractivity contribution < 1.29 is 18.0 Å². The van der Waals surface area contributed by atoms with Crippen LogP contribution in [0.25, 0.3) is 0 Å². The highest BCUT2D eigenvalue weighted by Crippen LogP contribution is 2.33. The molecule has 3 aromatic rings. The van der Waals surface area contributed by atoms with Crippen LogP contribution < -0.4 is 9.62 Å². The van der Waals surface area contributed by atoms with E-state index in [1.54, 1.807) is 32.0 Å². The molecule has 0 saturated carbocycles. The van der Waals surface area contributed by atoms with Gasteiger partial charge in [0.2, 0.25) is 11.8 Å². The molecule has 37 heavy (non-hydrogen) atoms. The van der Waals surface area contributed by atoms with Gasteiger partial charge in [0.05, 0.1) is 15.6 Å². The Labute approximate surface area is 228 Å². The maximum absolute atomic E-state index is 13.9. The van der Waals surface area contributed by atoms with E-state index in [-0.39, 0.29) is 33.1 Å². The van der Waals surface area contributed by atoms with E-state index in [1.807, 2.05) is 30.3 Å². The number of anilines is 1. The summed E-state index contributed by atoms with van der Waals surface area (Å²) in [6, 6.07) is 20.6. The van der Waals surface area contributed by atoms with Gasteiger partial charge in [-0.2, -0.15) is 0 Å². The van der Waals surface area contributed by atoms with Crippen molar-refractivity contribution in [3.63, 3.8) is 0 Å². The molecule has 0 aliphatic rings. The lowest BCUT2D eigenvalue weighted by Gasteiger charge is -2.33. The number of rotatable bonds is 11. The number of carbonyl (C=O) groups excluding carboxylic acids is 2. The molecule has 0 spiro atoms. The first-order chi connectivity index (χ1) is 17.7. The van der Waals surface area contributed by atoms with Crippen LogP contribution in [0.2, 0.25) is 10.0 Å². The van der Waals surface area contributed by atoms with Crippen molar-refractivity contribution >= 4 is 50.7 Å². The minimum absolute atomic E-state index is 0.00998. The topological polar surface area (TPSA) is 86.8 Å². The predicted octanol–water partition coefficient (Wildman–Crippen LogP) is 5.13. The number of carbonyl (C=O) groups is 2. The third kappa shape index (κ3) is 7.03. The molecule has 3 aromatic carbocycles. The van der Waals surface area contributed by atoms with Gasteiger partial charge in [-0.25, -0.2) is 8.42 Å². The maximum atomic E-state index is 13.9. The minimum atomic E-state index is -4.22. The predicted molar refractivity (Wildman–Crippen MR) is 147 cm³/mol. The van der Waals surface area contributed by atoms with Crippen LogP contribution in [0, 0.1) is 0 Å². The van der Waals surface area contributed by atoms with Gasteiger partial charge >= 0.3 is 0 Å². The Hall–Kier alpha value is -3.07. The van der Waals surface area contributed by atoms with E-state index in [1.165, 1.54) is 35.2 Å². The first kappa shape index (κ1) is 28.5. The quantitative estimate of drug-likeness (QED) is 0.351. The fourth-order valence-corrected chi connectivity index (χ4v) is 5.78. The number of hydrogen-bond donors (Lipinski definition) is 1. The first-order valence-electron chi connectivity index (χ1n) is 11.8. The van der Waals surface area contributed by atoms with Gasteiger partial charge in [0.1, 0.15) is 12.6 Å². The van der Waals surface area contributed by atoms with Gasteiger partial charge in [0.15, 0.2) is 0 Å². The molecule has 7 nitrogen and oxygen atoms in total. The van der Waals surface area contributed by atoms with Crippen molar-refractivity contribution in [3.05, 3.63) is 94.5 Å². The molecule has 1 N–H and O–H groups in total. The summed E-state index contributed by atoms with van der Waals surface area (Å²) in [6.07, 6.45) is 0.341. The summed E-state index contributed by atoms with van der Waals surface area (Å²) in [5, 5.41) is 3.14. The monoisotopic (exact) mass is 561 g/mol. The number of hydrogen-bond acceptors (Lipinski definition) is 4. The molecule has 10 heteroatoms. The SMILES string of the molecule is CCNC(=O)[C@H](CC)N(Cc1ccccc1)C(=O)CN(c1cc(Cl)ccc1Cl)S(=O)(=O)c1ccccc1. The Morgan fingerprint density at radius 3 is 2.14 bits per heavy atom. The molecule has 1 atom stereocenters. The lowest BCUT2D eigenvalue weighted by Crippen LogP contribution is -2.52. The lowest BCUT2D eigenvalue weighted by atomic mass is 10.1. The number of amides is 2. The molecule has 0 aliphatic carbocycles. The van der Waals surface area contributed by atoms with E-state index in [4.69, 9.17) is 23.2 Å². The van der Waals surface area contributed by atoms with Crippen LogP contribution in [0.3, 0.4) is 0 Å². The van der Waals surface area contributed by atoms with Gasteiger partial charge in [-0.1, -0.05) is 78.7 Å². The Morgan fingerprint density at radius 2 is 1.54 bits per heavy atom. The largest absolute Gasteiger partial charge is 0.355 e. The second-order valence-electron chi connectivity index (χ2n) is 8.25. The van der Waals surface area contributed by atoms with Crippen LogP contribution in [0.4, 0.5) is 5.69 Å². The number of sulfonamides is 1. The Balaban J connectivity index is 2.08. The van der Waals surface area contributed by atoms with Crippen LogP contribution >= 0.6 is 23.2 Å². The van der Waals surface area contributed by atoms with Gasteiger partial charge < -0.3 is 10.2 Å². The zero-order valence-electron chi connectivity index (χ0n) is 20.6. The molecule has 0 saturated heterocycles. The number of likely N-dealkylation sites (N-methyl/N-ethyl adjacent to an activating group) is 1. The molecule has 0 heterocycles. The van der Waals surface area contributed by atoms with Crippen LogP contribution in [-0.2, 0) is 26.2 Å². The van der Waals surface area contributed by atoms with E-state index >= 15 is 0 Å². The highest BCUT2D eigenvalue weighted by Gasteiger charge is 2.34. The van der Waals surface area contributed by atoms with E-state index < -0.39 is 28.5 Å². The van der Waals surface area contributed by atoms with E-state index in [0.717, 1.165) is 9.87 Å². The fourth-order valence-electron chi connectivity index (χ4n) is 3.90. The lowest BCUT2D eigenvalue weighted by molar-refractivity contribution is -0.140. The summed E-state index contributed by atoms with van der Waals surface area (Å²) in [5.74, 6) is -0.870. The van der Waals surface area contributed by atoms with Gasteiger partial charge in [0.25, 0.3) is 10.0 Å². The molecular weight excluding hydrogens is 533 g/mol. The molecular formula is C27H29Cl2N3O4S. The standard InChI is InChI=1S/C27H29Cl2N3O4S/c1-3-24(27(34)30-4-2)31(18-20-11-7-5-8-12-20)26(33)19-32(25-17-21(28)15-16-23(25)29)37(35,36)22-13-9-6-10-14-22/h5-17,24H,3-4,18-19H2,1-2H3,(H,30,34)/t24-/m0/s1. The van der Waals surface area contributed by atoms with Crippen LogP contribution in [0.5, 0.6) is 0 Å². The number of nitrogens with zero attached hydrogens (tertiary/aromatic N) is 2. The number of halogens is 2. The average Bonchev–Trinajstić information content (AvgIpc) is 2.89. The summed E-state index contributed by atoms with van der Waals surface area (Å²) >= 11 is 12.6. The normalized spacial score (nSPS) is 12.0. The third-order valence-corrected chi connectivity index (χ3v) is 8.05. The van der Waals surface area contributed by atoms with Crippen molar-refractivity contribution in [3.8, 4) is 0 Å². The highest BCUT2D eigenvalue weighted by atomic mass is 35.5.